The molecule has 0 aliphatic heterocycles. The molecule has 0 spiro atoms. The summed E-state index contributed by atoms with van der Waals surface area (Å²) in [6.07, 6.45) is 0.485. The van der Waals surface area contributed by atoms with E-state index in [1.165, 1.54) is 0 Å². The van der Waals surface area contributed by atoms with Crippen LogP contribution in [0.4, 0.5) is 5.69 Å². The molecule has 0 bridgehead atoms. The minimum Gasteiger partial charge on any atom is -0.481 e. The van der Waals surface area contributed by atoms with Gasteiger partial charge in [-0.3, -0.25) is 4.79 Å². The molecule has 1 heterocycles. The van der Waals surface area contributed by atoms with Crippen LogP contribution in [0, 0.1) is 0 Å². The number of anilines is 1. The molecule has 1 aromatic carbocycles. The summed E-state index contributed by atoms with van der Waals surface area (Å²) in [5.41, 5.74) is 7.03. The van der Waals surface area contributed by atoms with Crippen molar-refractivity contribution < 1.29 is 14.3 Å². The van der Waals surface area contributed by atoms with Crippen LogP contribution in [-0.2, 0) is 11.2 Å². The maximum absolute atomic E-state index is 10.4. The van der Waals surface area contributed by atoms with Gasteiger partial charge in [0.15, 0.2) is 0 Å². The molecule has 0 unspecified atom stereocenters. The fourth-order valence-corrected chi connectivity index (χ4v) is 1.47. The van der Waals surface area contributed by atoms with Gasteiger partial charge in [-0.25, -0.2) is 0 Å². The van der Waals surface area contributed by atoms with Crippen LogP contribution in [0.1, 0.15) is 12.2 Å². The maximum Gasteiger partial charge on any atom is 0.303 e. The lowest BCUT2D eigenvalue weighted by molar-refractivity contribution is -0.137. The van der Waals surface area contributed by atoms with Gasteiger partial charge in [0, 0.05) is 17.5 Å². The number of hydrogen-bond acceptors (Lipinski definition) is 3. The summed E-state index contributed by atoms with van der Waals surface area (Å²) in [5.74, 6) is -0.145. The molecular weight excluding hydrogens is 194 g/mol. The van der Waals surface area contributed by atoms with Gasteiger partial charge in [0.25, 0.3) is 0 Å². The van der Waals surface area contributed by atoms with Crippen molar-refractivity contribution in [2.75, 3.05) is 5.73 Å². The monoisotopic (exact) mass is 205 g/mol. The van der Waals surface area contributed by atoms with Gasteiger partial charge in [-0.1, -0.05) is 0 Å². The average Bonchev–Trinajstić information content (AvgIpc) is 2.56. The number of aliphatic carboxylic acids is 1. The third kappa shape index (κ3) is 2.10. The Morgan fingerprint density at radius 2 is 2.20 bits per heavy atom. The van der Waals surface area contributed by atoms with Crippen LogP contribution in [0.25, 0.3) is 11.0 Å². The van der Waals surface area contributed by atoms with Crippen LogP contribution in [0.15, 0.2) is 28.7 Å². The number of furan rings is 1. The van der Waals surface area contributed by atoms with E-state index in [4.69, 9.17) is 15.3 Å². The fraction of sp³-hybridized carbons (Fsp3) is 0.182. The van der Waals surface area contributed by atoms with Gasteiger partial charge in [-0.2, -0.15) is 0 Å². The van der Waals surface area contributed by atoms with E-state index >= 15 is 0 Å². The topological polar surface area (TPSA) is 76.5 Å². The summed E-state index contributed by atoms with van der Waals surface area (Å²) >= 11 is 0. The molecule has 2 rings (SSSR count). The number of carboxylic acids is 1. The van der Waals surface area contributed by atoms with Gasteiger partial charge in [0.05, 0.1) is 6.42 Å². The second-order valence-corrected chi connectivity index (χ2v) is 3.40. The number of benzene rings is 1. The summed E-state index contributed by atoms with van der Waals surface area (Å²) in [7, 11) is 0. The maximum atomic E-state index is 10.4. The number of carbonyl (C=O) groups is 1. The molecule has 4 nitrogen and oxygen atoms in total. The van der Waals surface area contributed by atoms with E-state index in [0.29, 0.717) is 17.9 Å². The Morgan fingerprint density at radius 3 is 2.93 bits per heavy atom. The largest absolute Gasteiger partial charge is 0.481 e. The zero-order valence-corrected chi connectivity index (χ0v) is 8.06. The van der Waals surface area contributed by atoms with E-state index in [-0.39, 0.29) is 6.42 Å². The molecule has 1 aromatic heterocycles. The molecule has 4 heteroatoms. The van der Waals surface area contributed by atoms with E-state index in [2.05, 4.69) is 0 Å². The lowest BCUT2D eigenvalue weighted by atomic mass is 10.2. The van der Waals surface area contributed by atoms with E-state index in [9.17, 15) is 4.79 Å². The Hall–Kier alpha value is -1.97. The van der Waals surface area contributed by atoms with Crippen LogP contribution in [0.3, 0.4) is 0 Å². The molecule has 0 atom stereocenters. The van der Waals surface area contributed by atoms with Gasteiger partial charge in [0.2, 0.25) is 0 Å². The SMILES string of the molecule is Nc1ccc2oc(CCC(=O)O)cc2c1. The number of fused-ring (bicyclic) bond motifs is 1. The highest BCUT2D eigenvalue weighted by Gasteiger charge is 2.05. The first-order valence-corrected chi connectivity index (χ1v) is 4.65. The number of nitrogen functional groups attached to an aromatic ring is 1. The molecular formula is C11H11NO3. The summed E-state index contributed by atoms with van der Waals surface area (Å²) in [4.78, 5) is 10.4. The van der Waals surface area contributed by atoms with Crippen molar-refractivity contribution in [1.29, 1.82) is 0 Å². The van der Waals surface area contributed by atoms with Crippen molar-refractivity contribution >= 4 is 22.6 Å². The average molecular weight is 205 g/mol. The Morgan fingerprint density at radius 1 is 1.40 bits per heavy atom. The van der Waals surface area contributed by atoms with E-state index < -0.39 is 5.97 Å². The number of carboxylic acid groups (broad SMARTS) is 1. The molecule has 0 saturated carbocycles. The van der Waals surface area contributed by atoms with Crippen LogP contribution in [0.5, 0.6) is 0 Å². The highest BCUT2D eigenvalue weighted by atomic mass is 16.4. The summed E-state index contributed by atoms with van der Waals surface area (Å²) in [6.45, 7) is 0. The summed E-state index contributed by atoms with van der Waals surface area (Å²) in [6, 6.07) is 7.18. The second-order valence-electron chi connectivity index (χ2n) is 3.40. The highest BCUT2D eigenvalue weighted by molar-refractivity contribution is 5.81. The predicted molar refractivity (Wildman–Crippen MR) is 56.6 cm³/mol. The van der Waals surface area contributed by atoms with Crippen molar-refractivity contribution in [3.8, 4) is 0 Å². The standard InChI is InChI=1S/C11H11NO3/c12-8-1-3-10-7(5-8)6-9(15-10)2-4-11(13)14/h1,3,5-6H,2,4,12H2,(H,13,14). The zero-order chi connectivity index (χ0) is 10.8. The van der Waals surface area contributed by atoms with Gasteiger partial charge in [0.1, 0.15) is 11.3 Å². The molecule has 0 fully saturated rings. The Balaban J connectivity index is 2.27. The third-order valence-electron chi connectivity index (χ3n) is 2.18. The van der Waals surface area contributed by atoms with Crippen molar-refractivity contribution in [2.45, 2.75) is 12.8 Å². The van der Waals surface area contributed by atoms with E-state index in [1.54, 1.807) is 12.1 Å². The Labute approximate surface area is 86.3 Å². The zero-order valence-electron chi connectivity index (χ0n) is 8.06. The molecule has 2 aromatic rings. The van der Waals surface area contributed by atoms with Crippen molar-refractivity contribution in [2.24, 2.45) is 0 Å². The third-order valence-corrected chi connectivity index (χ3v) is 2.18. The Kier molecular flexibility index (Phi) is 2.33. The molecule has 0 radical (unpaired) electrons. The first-order chi connectivity index (χ1) is 7.15. The number of rotatable bonds is 3. The first kappa shape index (κ1) is 9.58. The molecule has 0 amide bonds. The van der Waals surface area contributed by atoms with Gasteiger partial charge < -0.3 is 15.3 Å². The quantitative estimate of drug-likeness (QED) is 0.751. The summed E-state index contributed by atoms with van der Waals surface area (Å²) < 4.78 is 5.45. The van der Waals surface area contributed by atoms with Crippen molar-refractivity contribution in [1.82, 2.24) is 0 Å². The van der Waals surface area contributed by atoms with E-state index in [0.717, 1.165) is 11.0 Å². The van der Waals surface area contributed by atoms with Gasteiger partial charge in [-0.05, 0) is 24.3 Å². The molecule has 0 aliphatic carbocycles. The van der Waals surface area contributed by atoms with Crippen molar-refractivity contribution in [3.05, 3.63) is 30.0 Å². The fourth-order valence-electron chi connectivity index (χ4n) is 1.47. The second kappa shape index (κ2) is 3.65. The first-order valence-electron chi connectivity index (χ1n) is 4.65. The van der Waals surface area contributed by atoms with Crippen molar-refractivity contribution in [3.63, 3.8) is 0 Å². The minimum absolute atomic E-state index is 0.0787. The highest BCUT2D eigenvalue weighted by Crippen LogP contribution is 2.22. The molecule has 78 valence electrons. The predicted octanol–water partition coefficient (Wildman–Crippen LogP) is 2.03. The molecule has 3 N–H and O–H groups in total. The lowest BCUT2D eigenvalue weighted by Crippen LogP contribution is -1.95. The van der Waals surface area contributed by atoms with Crippen LogP contribution >= 0.6 is 0 Å². The van der Waals surface area contributed by atoms with E-state index in [1.807, 2.05) is 12.1 Å². The van der Waals surface area contributed by atoms with Gasteiger partial charge in [-0.15, -0.1) is 0 Å². The smallest absolute Gasteiger partial charge is 0.303 e. The number of nitrogens with two attached hydrogens (primary N) is 1. The number of aryl methyl sites for hydroxylation is 1. The lowest BCUT2D eigenvalue weighted by Gasteiger charge is -1.91. The van der Waals surface area contributed by atoms with Crippen LogP contribution in [-0.4, -0.2) is 11.1 Å². The molecule has 0 aliphatic rings. The normalized spacial score (nSPS) is 10.7. The van der Waals surface area contributed by atoms with Crippen LogP contribution in [0.2, 0.25) is 0 Å². The Bertz CT molecular complexity index is 502. The number of hydrogen-bond donors (Lipinski definition) is 2. The van der Waals surface area contributed by atoms with Crippen LogP contribution < -0.4 is 5.73 Å². The minimum atomic E-state index is -0.824. The summed E-state index contributed by atoms with van der Waals surface area (Å²) in [5, 5.41) is 9.44. The van der Waals surface area contributed by atoms with Gasteiger partial charge >= 0.3 is 5.97 Å². The molecule has 0 saturated heterocycles. The molecule has 15 heavy (non-hydrogen) atoms.